The summed E-state index contributed by atoms with van der Waals surface area (Å²) in [5.41, 5.74) is 0. The predicted molar refractivity (Wildman–Crippen MR) is 66.8 cm³/mol. The van der Waals surface area contributed by atoms with Crippen molar-refractivity contribution in [2.24, 2.45) is 0 Å². The number of ether oxygens (including phenoxy) is 2. The molecule has 1 N–H and O–H groups in total. The zero-order chi connectivity index (χ0) is 13.7. The number of carboxylic acids is 1. The van der Waals surface area contributed by atoms with Crippen LogP contribution in [0.5, 0.6) is 0 Å². The molecule has 0 spiro atoms. The van der Waals surface area contributed by atoms with Crippen molar-refractivity contribution in [3.05, 3.63) is 0 Å². The van der Waals surface area contributed by atoms with E-state index in [1.165, 1.54) is 12.8 Å². The first-order chi connectivity index (χ1) is 9.15. The van der Waals surface area contributed by atoms with Gasteiger partial charge in [0, 0.05) is 13.1 Å². The molecule has 0 aromatic carbocycles. The molecule has 1 heterocycles. The number of aliphatic carboxylic acids is 1. The van der Waals surface area contributed by atoms with E-state index in [1.54, 1.807) is 4.90 Å². The number of amides is 1. The summed E-state index contributed by atoms with van der Waals surface area (Å²) < 4.78 is 10.9. The van der Waals surface area contributed by atoms with Crippen LogP contribution in [0.25, 0.3) is 0 Å². The topological polar surface area (TPSA) is 76.1 Å². The highest BCUT2D eigenvalue weighted by atomic mass is 16.5. The number of nitrogens with zero attached hydrogens (tertiary/aromatic N) is 1. The maximum Gasteiger partial charge on any atom is 0.306 e. The van der Waals surface area contributed by atoms with Gasteiger partial charge in [-0.2, -0.15) is 0 Å². The average molecular weight is 271 g/mol. The summed E-state index contributed by atoms with van der Waals surface area (Å²) in [4.78, 5) is 24.3. The van der Waals surface area contributed by atoms with Crippen molar-refractivity contribution in [3.63, 3.8) is 0 Å². The van der Waals surface area contributed by atoms with Gasteiger partial charge in [0.2, 0.25) is 5.91 Å². The van der Waals surface area contributed by atoms with Crippen LogP contribution in [-0.2, 0) is 19.1 Å². The van der Waals surface area contributed by atoms with E-state index < -0.39 is 12.1 Å². The second-order valence-corrected chi connectivity index (χ2v) is 5.15. The predicted octanol–water partition coefficient (Wildman–Crippen LogP) is 0.648. The number of carbonyl (C=O) groups is 2. The lowest BCUT2D eigenvalue weighted by Crippen LogP contribution is -2.47. The molecule has 0 bridgehead atoms. The molecular weight excluding hydrogens is 250 g/mol. The molecule has 1 unspecified atom stereocenters. The maximum atomic E-state index is 12.0. The molecule has 2 fully saturated rings. The molecule has 1 aliphatic carbocycles. The van der Waals surface area contributed by atoms with Crippen LogP contribution in [0.15, 0.2) is 0 Å². The molecule has 1 atom stereocenters. The molecule has 2 aliphatic rings. The van der Waals surface area contributed by atoms with Gasteiger partial charge < -0.3 is 19.5 Å². The van der Waals surface area contributed by atoms with Crippen LogP contribution in [-0.4, -0.2) is 60.4 Å². The first kappa shape index (κ1) is 14.3. The van der Waals surface area contributed by atoms with Crippen molar-refractivity contribution in [2.45, 2.75) is 44.3 Å². The van der Waals surface area contributed by atoms with Gasteiger partial charge in [-0.3, -0.25) is 9.59 Å². The summed E-state index contributed by atoms with van der Waals surface area (Å²) in [5, 5.41) is 8.73. The Morgan fingerprint density at radius 1 is 1.32 bits per heavy atom. The Morgan fingerprint density at radius 2 is 2.05 bits per heavy atom. The molecule has 2 rings (SSSR count). The van der Waals surface area contributed by atoms with Gasteiger partial charge in [0.05, 0.1) is 25.2 Å². The Kier molecular flexibility index (Phi) is 5.15. The van der Waals surface area contributed by atoms with Crippen LogP contribution in [0.2, 0.25) is 0 Å². The number of morpholine rings is 1. The van der Waals surface area contributed by atoms with Gasteiger partial charge in [0.15, 0.2) is 0 Å². The fourth-order valence-electron chi connectivity index (χ4n) is 2.60. The monoisotopic (exact) mass is 271 g/mol. The van der Waals surface area contributed by atoms with E-state index in [0.717, 1.165) is 12.8 Å². The Labute approximate surface area is 112 Å². The largest absolute Gasteiger partial charge is 0.481 e. The molecule has 0 aromatic rings. The third-order valence-electron chi connectivity index (χ3n) is 3.64. The minimum Gasteiger partial charge on any atom is -0.481 e. The fraction of sp³-hybridized carbons (Fsp3) is 0.846. The smallest absolute Gasteiger partial charge is 0.306 e. The Bertz CT molecular complexity index is 327. The van der Waals surface area contributed by atoms with Crippen molar-refractivity contribution < 1.29 is 24.2 Å². The first-order valence-electron chi connectivity index (χ1n) is 6.88. The third kappa shape index (κ3) is 4.47. The van der Waals surface area contributed by atoms with Crippen LogP contribution < -0.4 is 0 Å². The number of hydrogen-bond acceptors (Lipinski definition) is 4. The number of hydrogen-bond donors (Lipinski definition) is 1. The second-order valence-electron chi connectivity index (χ2n) is 5.15. The van der Waals surface area contributed by atoms with Crippen LogP contribution in [0.1, 0.15) is 32.1 Å². The Balaban J connectivity index is 1.73. The third-order valence-corrected chi connectivity index (χ3v) is 3.64. The lowest BCUT2D eigenvalue weighted by molar-refractivity contribution is -0.151. The second kappa shape index (κ2) is 6.86. The molecule has 1 amide bonds. The fourth-order valence-corrected chi connectivity index (χ4v) is 2.60. The minimum atomic E-state index is -0.901. The highest BCUT2D eigenvalue weighted by Crippen LogP contribution is 2.21. The molecular formula is C13H21NO5. The highest BCUT2D eigenvalue weighted by molar-refractivity contribution is 5.77. The molecule has 6 nitrogen and oxygen atoms in total. The normalized spacial score (nSPS) is 24.6. The molecule has 1 aliphatic heterocycles. The van der Waals surface area contributed by atoms with Crippen LogP contribution in [0, 0.1) is 0 Å². The molecule has 0 aromatic heterocycles. The van der Waals surface area contributed by atoms with Gasteiger partial charge in [-0.15, -0.1) is 0 Å². The molecule has 6 heteroatoms. The van der Waals surface area contributed by atoms with E-state index >= 15 is 0 Å². The first-order valence-corrected chi connectivity index (χ1v) is 6.88. The van der Waals surface area contributed by atoms with Crippen LogP contribution in [0.3, 0.4) is 0 Å². The van der Waals surface area contributed by atoms with Gasteiger partial charge in [-0.1, -0.05) is 12.8 Å². The standard InChI is InChI=1S/C13H21NO5/c15-12(9-19-10-3-1-2-4-10)14-5-6-18-11(8-14)7-13(16)17/h10-11H,1-9H2,(H,16,17). The molecule has 1 saturated heterocycles. The van der Waals surface area contributed by atoms with E-state index in [9.17, 15) is 9.59 Å². The average Bonchev–Trinajstić information content (AvgIpc) is 2.88. The van der Waals surface area contributed by atoms with Gasteiger partial charge in [0.25, 0.3) is 0 Å². The van der Waals surface area contributed by atoms with Gasteiger partial charge >= 0.3 is 5.97 Å². The SMILES string of the molecule is O=C(O)CC1CN(C(=O)COC2CCCC2)CCO1. The molecule has 19 heavy (non-hydrogen) atoms. The van der Waals surface area contributed by atoms with Crippen LogP contribution in [0.4, 0.5) is 0 Å². The number of rotatable bonds is 5. The zero-order valence-corrected chi connectivity index (χ0v) is 11.0. The summed E-state index contributed by atoms with van der Waals surface area (Å²) in [5.74, 6) is -0.966. The van der Waals surface area contributed by atoms with Crippen molar-refractivity contribution in [2.75, 3.05) is 26.3 Å². The summed E-state index contributed by atoms with van der Waals surface area (Å²) >= 11 is 0. The Hall–Kier alpha value is -1.14. The van der Waals surface area contributed by atoms with Gasteiger partial charge in [-0.25, -0.2) is 0 Å². The maximum absolute atomic E-state index is 12.0. The number of carboxylic acid groups (broad SMARTS) is 1. The summed E-state index contributed by atoms with van der Waals surface area (Å²) in [6, 6.07) is 0. The van der Waals surface area contributed by atoms with Crippen LogP contribution >= 0.6 is 0 Å². The van der Waals surface area contributed by atoms with E-state index in [2.05, 4.69) is 0 Å². The molecule has 0 radical (unpaired) electrons. The lowest BCUT2D eigenvalue weighted by atomic mass is 10.2. The van der Waals surface area contributed by atoms with E-state index in [-0.39, 0.29) is 25.0 Å². The zero-order valence-electron chi connectivity index (χ0n) is 11.0. The number of carbonyl (C=O) groups excluding carboxylic acids is 1. The van der Waals surface area contributed by atoms with Crippen molar-refractivity contribution in [3.8, 4) is 0 Å². The van der Waals surface area contributed by atoms with E-state index in [1.807, 2.05) is 0 Å². The van der Waals surface area contributed by atoms with Crippen molar-refractivity contribution in [1.82, 2.24) is 4.90 Å². The quantitative estimate of drug-likeness (QED) is 0.794. The van der Waals surface area contributed by atoms with E-state index in [4.69, 9.17) is 14.6 Å². The molecule has 1 saturated carbocycles. The Morgan fingerprint density at radius 3 is 2.74 bits per heavy atom. The summed E-state index contributed by atoms with van der Waals surface area (Å²) in [7, 11) is 0. The van der Waals surface area contributed by atoms with Crippen molar-refractivity contribution >= 4 is 11.9 Å². The molecule has 108 valence electrons. The van der Waals surface area contributed by atoms with Crippen molar-refractivity contribution in [1.29, 1.82) is 0 Å². The minimum absolute atomic E-state index is 0.0622. The summed E-state index contributed by atoms with van der Waals surface area (Å²) in [6.07, 6.45) is 4.19. The lowest BCUT2D eigenvalue weighted by Gasteiger charge is -2.32. The highest BCUT2D eigenvalue weighted by Gasteiger charge is 2.26. The summed E-state index contributed by atoms with van der Waals surface area (Å²) in [6.45, 7) is 1.36. The van der Waals surface area contributed by atoms with Gasteiger partial charge in [0.1, 0.15) is 6.61 Å². The van der Waals surface area contributed by atoms with E-state index in [0.29, 0.717) is 19.7 Å². The van der Waals surface area contributed by atoms with Gasteiger partial charge in [-0.05, 0) is 12.8 Å².